The number of hydrogen-bond donors (Lipinski definition) is 0. The molecule has 2 rings (SSSR count). The fraction of sp³-hybridized carbons (Fsp3) is 0.267. The zero-order valence-electron chi connectivity index (χ0n) is 12.6. The van der Waals surface area contributed by atoms with E-state index in [2.05, 4.69) is 15.9 Å². The largest absolute Gasteiger partial charge is 0.490 e. The van der Waals surface area contributed by atoms with E-state index in [9.17, 15) is 14.4 Å². The van der Waals surface area contributed by atoms with Crippen molar-refractivity contribution in [1.29, 1.82) is 10.5 Å². The molecular formula is C15H12BrFN4O2. The summed E-state index contributed by atoms with van der Waals surface area (Å²) in [5, 5.41) is 18.4. The molecule has 0 N–H and O–H groups in total. The van der Waals surface area contributed by atoms with E-state index in [0.29, 0.717) is 10.2 Å². The molecule has 0 atom stereocenters. The van der Waals surface area contributed by atoms with Crippen LogP contribution in [-0.2, 0) is 7.05 Å². The van der Waals surface area contributed by atoms with Crippen LogP contribution in [0, 0.1) is 28.5 Å². The molecule has 1 aromatic carbocycles. The summed E-state index contributed by atoms with van der Waals surface area (Å²) in [4.78, 5) is 12.3. The molecule has 23 heavy (non-hydrogen) atoms. The van der Waals surface area contributed by atoms with Gasteiger partial charge in [-0.2, -0.15) is 10.5 Å². The summed E-state index contributed by atoms with van der Waals surface area (Å²) >= 11 is 3.19. The number of nitriles is 2. The first-order chi connectivity index (χ1) is 10.8. The minimum absolute atomic E-state index is 0.133. The van der Waals surface area contributed by atoms with Crippen molar-refractivity contribution >= 4 is 15.9 Å². The van der Waals surface area contributed by atoms with Crippen LogP contribution in [0.2, 0.25) is 0 Å². The van der Waals surface area contributed by atoms with Crippen molar-refractivity contribution in [1.82, 2.24) is 9.13 Å². The van der Waals surface area contributed by atoms with E-state index in [4.69, 9.17) is 10.00 Å². The average Bonchev–Trinajstić information content (AvgIpc) is 2.73. The fourth-order valence-electron chi connectivity index (χ4n) is 2.09. The Morgan fingerprint density at radius 3 is 2.39 bits per heavy atom. The van der Waals surface area contributed by atoms with Crippen molar-refractivity contribution in [2.24, 2.45) is 7.05 Å². The quantitative estimate of drug-likeness (QED) is 0.821. The van der Waals surface area contributed by atoms with Gasteiger partial charge in [0.1, 0.15) is 23.7 Å². The van der Waals surface area contributed by atoms with Crippen LogP contribution in [0.15, 0.2) is 21.4 Å². The van der Waals surface area contributed by atoms with E-state index in [0.717, 1.165) is 15.2 Å². The Balaban J connectivity index is 2.81. The van der Waals surface area contributed by atoms with Crippen LogP contribution >= 0.6 is 15.9 Å². The first kappa shape index (κ1) is 16.8. The van der Waals surface area contributed by atoms with E-state index in [-0.39, 0.29) is 23.2 Å². The zero-order valence-corrected chi connectivity index (χ0v) is 14.2. The predicted molar refractivity (Wildman–Crippen MR) is 83.9 cm³/mol. The van der Waals surface area contributed by atoms with Crippen LogP contribution < -0.4 is 10.4 Å². The highest BCUT2D eigenvalue weighted by Crippen LogP contribution is 2.31. The summed E-state index contributed by atoms with van der Waals surface area (Å²) in [5.74, 6) is -0.392. The topological polar surface area (TPSA) is 83.7 Å². The van der Waals surface area contributed by atoms with Crippen LogP contribution in [0.25, 0.3) is 5.69 Å². The number of nitrogens with zero attached hydrogens (tertiary/aromatic N) is 4. The predicted octanol–water partition coefficient (Wildman–Crippen LogP) is 2.61. The highest BCUT2D eigenvalue weighted by molar-refractivity contribution is 9.10. The minimum atomic E-state index is -0.721. The Morgan fingerprint density at radius 2 is 1.87 bits per heavy atom. The van der Waals surface area contributed by atoms with Crippen LogP contribution in [0.4, 0.5) is 4.39 Å². The van der Waals surface area contributed by atoms with Gasteiger partial charge < -0.3 is 4.74 Å². The molecule has 118 valence electrons. The van der Waals surface area contributed by atoms with Crippen LogP contribution in [0.3, 0.4) is 0 Å². The number of benzene rings is 1. The van der Waals surface area contributed by atoms with Crippen LogP contribution in [-0.4, -0.2) is 15.2 Å². The molecule has 0 amide bonds. The van der Waals surface area contributed by atoms with E-state index < -0.39 is 11.5 Å². The van der Waals surface area contributed by atoms with Gasteiger partial charge in [0.2, 0.25) is 0 Å². The van der Waals surface area contributed by atoms with Crippen LogP contribution in [0.1, 0.15) is 25.2 Å². The third-order valence-corrected chi connectivity index (χ3v) is 3.70. The smallest absolute Gasteiger partial charge is 0.334 e. The van der Waals surface area contributed by atoms with Crippen molar-refractivity contribution in [3.63, 3.8) is 0 Å². The minimum Gasteiger partial charge on any atom is -0.490 e. The van der Waals surface area contributed by atoms with Gasteiger partial charge in [-0.3, -0.25) is 4.57 Å². The molecule has 0 fully saturated rings. The molecule has 0 spiro atoms. The monoisotopic (exact) mass is 378 g/mol. The Bertz CT molecular complexity index is 916. The average molecular weight is 379 g/mol. The zero-order chi connectivity index (χ0) is 17.3. The number of halogens is 2. The second-order valence-electron chi connectivity index (χ2n) is 5.00. The van der Waals surface area contributed by atoms with Gasteiger partial charge in [-0.05, 0) is 35.8 Å². The SMILES string of the molecule is CC(C)Oc1cc(-n2c(C#N)c(C#N)n(C)c2=O)c(F)cc1Br. The molecule has 6 nitrogen and oxygen atoms in total. The molecule has 0 unspecified atom stereocenters. The van der Waals surface area contributed by atoms with Crippen molar-refractivity contribution in [3.05, 3.63) is 44.3 Å². The van der Waals surface area contributed by atoms with E-state index in [1.54, 1.807) is 26.0 Å². The van der Waals surface area contributed by atoms with Crippen molar-refractivity contribution < 1.29 is 9.13 Å². The molecule has 0 saturated carbocycles. The van der Waals surface area contributed by atoms with Gasteiger partial charge in [-0.25, -0.2) is 13.8 Å². The number of rotatable bonds is 3. The molecule has 0 aliphatic heterocycles. The van der Waals surface area contributed by atoms with Gasteiger partial charge in [0.25, 0.3) is 0 Å². The lowest BCUT2D eigenvalue weighted by Crippen LogP contribution is -2.23. The first-order valence-corrected chi connectivity index (χ1v) is 7.39. The van der Waals surface area contributed by atoms with Crippen molar-refractivity contribution in [3.8, 4) is 23.6 Å². The normalized spacial score (nSPS) is 10.4. The second-order valence-corrected chi connectivity index (χ2v) is 5.85. The molecular weight excluding hydrogens is 367 g/mol. The lowest BCUT2D eigenvalue weighted by Gasteiger charge is -2.14. The molecule has 0 aliphatic rings. The molecule has 8 heteroatoms. The molecule has 0 radical (unpaired) electrons. The van der Waals surface area contributed by atoms with E-state index in [1.165, 1.54) is 13.1 Å². The molecule has 0 saturated heterocycles. The van der Waals surface area contributed by atoms with Gasteiger partial charge in [-0.1, -0.05) is 0 Å². The highest BCUT2D eigenvalue weighted by Gasteiger charge is 2.22. The maximum Gasteiger partial charge on any atom is 0.334 e. The Labute approximate surface area is 140 Å². The molecule has 2 aromatic rings. The Hall–Kier alpha value is -2.58. The first-order valence-electron chi connectivity index (χ1n) is 6.59. The summed E-state index contributed by atoms with van der Waals surface area (Å²) in [5.41, 5.74) is -1.19. The van der Waals surface area contributed by atoms with Gasteiger partial charge >= 0.3 is 5.69 Å². The van der Waals surface area contributed by atoms with Crippen molar-refractivity contribution in [2.45, 2.75) is 20.0 Å². The van der Waals surface area contributed by atoms with E-state index >= 15 is 0 Å². The number of aromatic nitrogens is 2. The standard InChI is InChI=1S/C15H12BrFN4O2/c1-8(2)23-14-5-11(10(17)4-9(14)16)21-13(7-19)12(6-18)20(3)15(21)22/h4-5,8H,1-3H3. The third kappa shape index (κ3) is 2.86. The second kappa shape index (κ2) is 6.27. The maximum atomic E-state index is 14.3. The number of hydrogen-bond acceptors (Lipinski definition) is 4. The maximum absolute atomic E-state index is 14.3. The number of ether oxygens (including phenoxy) is 1. The molecule has 1 heterocycles. The van der Waals surface area contributed by atoms with Gasteiger partial charge in [-0.15, -0.1) is 0 Å². The van der Waals surface area contributed by atoms with Gasteiger partial charge in [0.05, 0.1) is 16.3 Å². The highest BCUT2D eigenvalue weighted by atomic mass is 79.9. The molecule has 1 aromatic heterocycles. The summed E-state index contributed by atoms with van der Waals surface area (Å²) in [6.45, 7) is 3.61. The van der Waals surface area contributed by atoms with Crippen molar-refractivity contribution in [2.75, 3.05) is 0 Å². The van der Waals surface area contributed by atoms with E-state index in [1.807, 2.05) is 0 Å². The summed E-state index contributed by atoms with van der Waals surface area (Å²) in [6, 6.07) is 6.03. The summed E-state index contributed by atoms with van der Waals surface area (Å²) < 4.78 is 22.2. The lowest BCUT2D eigenvalue weighted by atomic mass is 10.2. The lowest BCUT2D eigenvalue weighted by molar-refractivity contribution is 0.240. The molecule has 0 bridgehead atoms. The fourth-order valence-corrected chi connectivity index (χ4v) is 2.50. The Morgan fingerprint density at radius 1 is 1.26 bits per heavy atom. The Kier molecular flexibility index (Phi) is 4.57. The molecule has 0 aliphatic carbocycles. The number of imidazole rings is 1. The van der Waals surface area contributed by atoms with Gasteiger partial charge in [0, 0.05) is 13.1 Å². The summed E-state index contributed by atoms with van der Waals surface area (Å²) in [6.07, 6.45) is -0.165. The van der Waals surface area contributed by atoms with Gasteiger partial charge in [0.15, 0.2) is 11.4 Å². The van der Waals surface area contributed by atoms with Crippen LogP contribution in [0.5, 0.6) is 5.75 Å². The third-order valence-electron chi connectivity index (χ3n) is 3.08. The summed E-state index contributed by atoms with van der Waals surface area (Å²) in [7, 11) is 1.35.